The number of likely N-dealkylation sites (tertiary alicyclic amines) is 1. The second kappa shape index (κ2) is 10.2. The predicted octanol–water partition coefficient (Wildman–Crippen LogP) is 0.419. The number of likely N-dealkylation sites (N-methyl/N-ethyl adjacent to an activating group) is 1. The first-order chi connectivity index (χ1) is 18.6. The maximum atomic E-state index is 13.2. The van der Waals surface area contributed by atoms with Crippen LogP contribution in [0.1, 0.15) is 42.6 Å². The van der Waals surface area contributed by atoms with Gasteiger partial charge in [-0.25, -0.2) is 9.78 Å². The fourth-order valence-electron chi connectivity index (χ4n) is 5.85. The highest BCUT2D eigenvalue weighted by atomic mass is 16.5. The summed E-state index contributed by atoms with van der Waals surface area (Å²) in [4.78, 5) is 44.6. The minimum absolute atomic E-state index is 0.0595. The molecule has 0 unspecified atom stereocenters. The maximum Gasteiger partial charge on any atom is 0.332 e. The SMILES string of the molecule is CNCCOc1cccc(C(=O)N2CCC3(CC2)C[C@@](C)(O)[C@H](n2cnc4c2c(=O)n(C)c(=O)n4C)CO3)c1. The van der Waals surface area contributed by atoms with Crippen LogP contribution in [0.25, 0.3) is 11.2 Å². The zero-order chi connectivity index (χ0) is 27.9. The number of carbonyl (C=O) groups excluding carboxylic acids is 1. The Bertz CT molecular complexity index is 1500. The van der Waals surface area contributed by atoms with Crippen molar-refractivity contribution in [1.82, 2.24) is 28.9 Å². The molecule has 2 N–H and O–H groups in total. The van der Waals surface area contributed by atoms with E-state index in [1.807, 2.05) is 24.1 Å². The molecule has 0 aliphatic carbocycles. The lowest BCUT2D eigenvalue weighted by atomic mass is 9.75. The molecular formula is C27H36N6O6. The molecule has 2 aliphatic rings. The lowest BCUT2D eigenvalue weighted by Gasteiger charge is -2.51. The van der Waals surface area contributed by atoms with Crippen LogP contribution >= 0.6 is 0 Å². The lowest BCUT2D eigenvalue weighted by Crippen LogP contribution is -2.58. The molecule has 12 nitrogen and oxygen atoms in total. The summed E-state index contributed by atoms with van der Waals surface area (Å²) in [5.41, 5.74) is -1.63. The van der Waals surface area contributed by atoms with Gasteiger partial charge in [0.1, 0.15) is 12.4 Å². The number of piperidine rings is 1. The van der Waals surface area contributed by atoms with Crippen LogP contribution in [0, 0.1) is 0 Å². The van der Waals surface area contributed by atoms with Crippen molar-refractivity contribution < 1.29 is 19.4 Å². The Morgan fingerprint density at radius 3 is 2.67 bits per heavy atom. The Morgan fingerprint density at radius 2 is 1.97 bits per heavy atom. The summed E-state index contributed by atoms with van der Waals surface area (Å²) in [7, 11) is 4.84. The van der Waals surface area contributed by atoms with E-state index in [1.54, 1.807) is 30.7 Å². The fourth-order valence-corrected chi connectivity index (χ4v) is 5.85. The van der Waals surface area contributed by atoms with Crippen molar-refractivity contribution in [3.05, 3.63) is 57.0 Å². The van der Waals surface area contributed by atoms with Crippen LogP contribution < -0.4 is 21.3 Å². The molecule has 2 atom stereocenters. The minimum atomic E-state index is -1.21. The van der Waals surface area contributed by atoms with Crippen LogP contribution in [-0.2, 0) is 18.8 Å². The first kappa shape index (κ1) is 27.1. The number of aliphatic hydroxyl groups is 1. The molecule has 4 heterocycles. The second-order valence-electron chi connectivity index (χ2n) is 10.8. The number of fused-ring (bicyclic) bond motifs is 1. The highest BCUT2D eigenvalue weighted by Crippen LogP contribution is 2.44. The summed E-state index contributed by atoms with van der Waals surface area (Å²) in [5, 5.41) is 14.7. The fraction of sp³-hybridized carbons (Fsp3) is 0.556. The molecule has 0 bridgehead atoms. The summed E-state index contributed by atoms with van der Waals surface area (Å²) in [6.07, 6.45) is 3.00. The summed E-state index contributed by atoms with van der Waals surface area (Å²) in [6.45, 7) is 4.15. The van der Waals surface area contributed by atoms with Gasteiger partial charge >= 0.3 is 5.69 Å². The summed E-state index contributed by atoms with van der Waals surface area (Å²) in [6, 6.07) is 6.65. The molecular weight excluding hydrogens is 504 g/mol. The quantitative estimate of drug-likeness (QED) is 0.430. The van der Waals surface area contributed by atoms with Gasteiger partial charge in [0.2, 0.25) is 0 Å². The zero-order valence-corrected chi connectivity index (χ0v) is 22.8. The van der Waals surface area contributed by atoms with Crippen molar-refractivity contribution in [2.75, 3.05) is 39.9 Å². The number of aromatic nitrogens is 4. The number of ether oxygens (including phenoxy) is 2. The van der Waals surface area contributed by atoms with E-state index in [2.05, 4.69) is 10.3 Å². The van der Waals surface area contributed by atoms with Crippen LogP contribution in [-0.4, -0.2) is 85.7 Å². The van der Waals surface area contributed by atoms with Crippen LogP contribution in [0.3, 0.4) is 0 Å². The van der Waals surface area contributed by atoms with Gasteiger partial charge < -0.3 is 29.4 Å². The smallest absolute Gasteiger partial charge is 0.332 e. The van der Waals surface area contributed by atoms with Gasteiger partial charge in [0, 0.05) is 45.7 Å². The van der Waals surface area contributed by atoms with Gasteiger partial charge in [-0.3, -0.25) is 18.7 Å². The van der Waals surface area contributed by atoms with Crippen LogP contribution in [0.4, 0.5) is 0 Å². The van der Waals surface area contributed by atoms with E-state index in [9.17, 15) is 19.5 Å². The lowest BCUT2D eigenvalue weighted by molar-refractivity contribution is -0.194. The normalized spacial score (nSPS) is 22.9. The third-order valence-electron chi connectivity index (χ3n) is 8.12. The molecule has 210 valence electrons. The van der Waals surface area contributed by atoms with E-state index < -0.39 is 28.5 Å². The number of aryl methyl sites for hydroxylation is 1. The molecule has 39 heavy (non-hydrogen) atoms. The number of carbonyl (C=O) groups is 1. The highest BCUT2D eigenvalue weighted by molar-refractivity contribution is 5.94. The molecule has 2 aliphatic heterocycles. The van der Waals surface area contributed by atoms with E-state index in [4.69, 9.17) is 9.47 Å². The number of amides is 1. The second-order valence-corrected chi connectivity index (χ2v) is 10.8. The average Bonchev–Trinajstić information content (AvgIpc) is 3.35. The van der Waals surface area contributed by atoms with Crippen LogP contribution in [0.5, 0.6) is 5.75 Å². The molecule has 2 aromatic heterocycles. The number of benzene rings is 1. The van der Waals surface area contributed by atoms with Crippen molar-refractivity contribution in [2.24, 2.45) is 14.1 Å². The molecule has 5 rings (SSSR count). The first-order valence-corrected chi connectivity index (χ1v) is 13.2. The van der Waals surface area contributed by atoms with E-state index in [0.29, 0.717) is 56.8 Å². The molecule has 2 saturated heterocycles. The maximum absolute atomic E-state index is 13.2. The summed E-state index contributed by atoms with van der Waals surface area (Å²) in [5.74, 6) is 0.597. The third kappa shape index (κ3) is 4.88. The van der Waals surface area contributed by atoms with Crippen LogP contribution in [0.2, 0.25) is 0 Å². The summed E-state index contributed by atoms with van der Waals surface area (Å²) < 4.78 is 16.1. The number of rotatable bonds is 6. The molecule has 0 saturated carbocycles. The number of nitrogens with one attached hydrogen (secondary N) is 1. The van der Waals surface area contributed by atoms with Gasteiger partial charge in [0.05, 0.1) is 30.2 Å². The molecule has 12 heteroatoms. The number of nitrogens with zero attached hydrogens (tertiary/aromatic N) is 5. The van der Waals surface area contributed by atoms with Crippen molar-refractivity contribution in [1.29, 1.82) is 0 Å². The van der Waals surface area contributed by atoms with Crippen molar-refractivity contribution in [3.63, 3.8) is 0 Å². The number of imidazole rings is 1. The predicted molar refractivity (Wildman–Crippen MR) is 144 cm³/mol. The van der Waals surface area contributed by atoms with Crippen molar-refractivity contribution in [2.45, 2.75) is 43.4 Å². The minimum Gasteiger partial charge on any atom is -0.492 e. The molecule has 1 aromatic carbocycles. The van der Waals surface area contributed by atoms with E-state index in [0.717, 1.165) is 4.57 Å². The Labute approximate surface area is 225 Å². The van der Waals surface area contributed by atoms with Gasteiger partial charge in [-0.1, -0.05) is 6.07 Å². The van der Waals surface area contributed by atoms with E-state index >= 15 is 0 Å². The average molecular weight is 541 g/mol. The number of hydrogen-bond acceptors (Lipinski definition) is 8. The van der Waals surface area contributed by atoms with E-state index in [1.165, 1.54) is 17.9 Å². The molecule has 1 spiro atoms. The van der Waals surface area contributed by atoms with Crippen molar-refractivity contribution >= 4 is 17.1 Å². The Hall–Kier alpha value is -3.48. The first-order valence-electron chi connectivity index (χ1n) is 13.2. The molecule has 1 amide bonds. The largest absolute Gasteiger partial charge is 0.492 e. The standard InChI is InChI=1S/C27H36N6O6/c1-26(37)16-27(39-15-20(26)33-17-29-22-21(33)24(35)31(4)25(36)30(22)3)8-11-32(12-9-27)23(34)18-6-5-7-19(14-18)38-13-10-28-2/h5-7,14,17,20,28,37H,8-13,15-16H2,1-4H3/t20-,26-/m1/s1. The van der Waals surface area contributed by atoms with Gasteiger partial charge in [0.15, 0.2) is 11.2 Å². The molecule has 3 aromatic rings. The Kier molecular flexibility index (Phi) is 7.12. The Balaban J connectivity index is 1.29. The monoisotopic (exact) mass is 540 g/mol. The van der Waals surface area contributed by atoms with Gasteiger partial charge in [-0.05, 0) is 45.0 Å². The van der Waals surface area contributed by atoms with E-state index in [-0.39, 0.29) is 23.7 Å². The van der Waals surface area contributed by atoms with Crippen LogP contribution in [0.15, 0.2) is 40.2 Å². The molecule has 2 fully saturated rings. The van der Waals surface area contributed by atoms with Crippen molar-refractivity contribution in [3.8, 4) is 5.75 Å². The Morgan fingerprint density at radius 1 is 1.23 bits per heavy atom. The topological polar surface area (TPSA) is 133 Å². The van der Waals surface area contributed by atoms with Gasteiger partial charge in [-0.15, -0.1) is 0 Å². The zero-order valence-electron chi connectivity index (χ0n) is 22.8. The van der Waals surface area contributed by atoms with Gasteiger partial charge in [-0.2, -0.15) is 0 Å². The number of hydrogen-bond donors (Lipinski definition) is 2. The third-order valence-corrected chi connectivity index (χ3v) is 8.12. The molecule has 0 radical (unpaired) electrons. The highest BCUT2D eigenvalue weighted by Gasteiger charge is 2.50. The summed E-state index contributed by atoms with van der Waals surface area (Å²) >= 11 is 0. The van der Waals surface area contributed by atoms with Gasteiger partial charge in [0.25, 0.3) is 11.5 Å².